The number of rotatable bonds is 3. The summed E-state index contributed by atoms with van der Waals surface area (Å²) in [7, 11) is 0. The van der Waals surface area contributed by atoms with Crippen molar-refractivity contribution in [2.24, 2.45) is 0 Å². The molecule has 0 saturated heterocycles. The number of thiophene rings is 1. The molecule has 0 atom stereocenters. The van der Waals surface area contributed by atoms with E-state index in [-0.39, 0.29) is 5.82 Å². The second-order valence-corrected chi connectivity index (χ2v) is 5.91. The second kappa shape index (κ2) is 5.46. The molecular formula is C14H11BrFN3S. The molecule has 3 aromatic rings. The highest BCUT2D eigenvalue weighted by molar-refractivity contribution is 9.10. The zero-order valence-electron chi connectivity index (χ0n) is 10.7. The number of aromatic nitrogens is 2. The van der Waals surface area contributed by atoms with Crippen molar-refractivity contribution in [3.63, 3.8) is 0 Å². The normalized spacial score (nSPS) is 10.9. The Balaban J connectivity index is 2.26. The third-order valence-corrected chi connectivity index (χ3v) is 4.32. The zero-order valence-corrected chi connectivity index (χ0v) is 13.1. The van der Waals surface area contributed by atoms with Gasteiger partial charge in [0.25, 0.3) is 0 Å². The molecule has 0 aliphatic heterocycles. The third-order valence-electron chi connectivity index (χ3n) is 2.86. The molecule has 0 aliphatic rings. The Hall–Kier alpha value is -1.53. The lowest BCUT2D eigenvalue weighted by atomic mass is 10.2. The number of anilines is 1. The number of hydrogen-bond acceptors (Lipinski definition) is 4. The Labute approximate surface area is 128 Å². The van der Waals surface area contributed by atoms with Gasteiger partial charge in [0.15, 0.2) is 5.82 Å². The summed E-state index contributed by atoms with van der Waals surface area (Å²) >= 11 is 4.88. The molecule has 0 saturated carbocycles. The predicted octanol–water partition coefficient (Wildman–Crippen LogP) is 4.69. The van der Waals surface area contributed by atoms with E-state index in [1.165, 1.54) is 17.4 Å². The van der Waals surface area contributed by atoms with Crippen LogP contribution in [0.3, 0.4) is 0 Å². The van der Waals surface area contributed by atoms with Crippen LogP contribution in [0.15, 0.2) is 34.1 Å². The van der Waals surface area contributed by atoms with Gasteiger partial charge in [-0.25, -0.2) is 14.4 Å². The Kier molecular flexibility index (Phi) is 3.67. The van der Waals surface area contributed by atoms with E-state index in [9.17, 15) is 4.39 Å². The van der Waals surface area contributed by atoms with Crippen molar-refractivity contribution >= 4 is 43.3 Å². The first-order chi connectivity index (χ1) is 9.70. The van der Waals surface area contributed by atoms with E-state index in [4.69, 9.17) is 0 Å². The summed E-state index contributed by atoms with van der Waals surface area (Å²) in [5.41, 5.74) is 0.391. The van der Waals surface area contributed by atoms with Crippen LogP contribution >= 0.6 is 27.3 Å². The first-order valence-electron chi connectivity index (χ1n) is 6.14. The standard InChI is InChI=1S/C14H11BrFN3S/c1-2-17-12-8-6-7-20-14(8)19-13(18-12)11-9(15)4-3-5-10(11)16/h3-7H,2H2,1H3,(H,17,18,19). The molecule has 0 unspecified atom stereocenters. The van der Waals surface area contributed by atoms with E-state index in [0.717, 1.165) is 22.6 Å². The first kappa shape index (κ1) is 13.5. The minimum Gasteiger partial charge on any atom is -0.370 e. The van der Waals surface area contributed by atoms with Crippen LogP contribution < -0.4 is 5.32 Å². The lowest BCUT2D eigenvalue weighted by Crippen LogP contribution is -2.02. The van der Waals surface area contributed by atoms with Crippen molar-refractivity contribution in [3.05, 3.63) is 39.9 Å². The monoisotopic (exact) mass is 351 g/mol. The smallest absolute Gasteiger partial charge is 0.167 e. The summed E-state index contributed by atoms with van der Waals surface area (Å²) < 4.78 is 14.7. The fourth-order valence-corrected chi connectivity index (χ4v) is 3.26. The van der Waals surface area contributed by atoms with Gasteiger partial charge in [-0.2, -0.15) is 0 Å². The number of nitrogens with one attached hydrogen (secondary N) is 1. The van der Waals surface area contributed by atoms with Gasteiger partial charge in [-0.05, 0) is 46.4 Å². The number of halogens is 2. The molecule has 0 fully saturated rings. The molecule has 6 heteroatoms. The minimum atomic E-state index is -0.335. The maximum absolute atomic E-state index is 14.1. The van der Waals surface area contributed by atoms with E-state index in [1.54, 1.807) is 12.1 Å². The highest BCUT2D eigenvalue weighted by Crippen LogP contribution is 2.33. The maximum Gasteiger partial charge on any atom is 0.167 e. The Morgan fingerprint density at radius 3 is 2.90 bits per heavy atom. The largest absolute Gasteiger partial charge is 0.370 e. The molecule has 2 aromatic heterocycles. The number of hydrogen-bond donors (Lipinski definition) is 1. The van der Waals surface area contributed by atoms with Crippen LogP contribution in [-0.4, -0.2) is 16.5 Å². The van der Waals surface area contributed by atoms with Crippen LogP contribution in [0.25, 0.3) is 21.6 Å². The van der Waals surface area contributed by atoms with Gasteiger partial charge in [0.05, 0.1) is 10.9 Å². The third kappa shape index (κ3) is 2.29. The van der Waals surface area contributed by atoms with Crippen LogP contribution in [0.4, 0.5) is 10.2 Å². The van der Waals surface area contributed by atoms with Crippen molar-refractivity contribution < 1.29 is 4.39 Å². The molecule has 102 valence electrons. The van der Waals surface area contributed by atoms with Crippen molar-refractivity contribution in [2.45, 2.75) is 6.92 Å². The molecule has 0 bridgehead atoms. The van der Waals surface area contributed by atoms with Crippen molar-refractivity contribution in [2.75, 3.05) is 11.9 Å². The molecule has 0 aliphatic carbocycles. The van der Waals surface area contributed by atoms with Gasteiger partial charge in [-0.15, -0.1) is 11.3 Å². The van der Waals surface area contributed by atoms with E-state index in [1.807, 2.05) is 18.4 Å². The molecule has 3 nitrogen and oxygen atoms in total. The van der Waals surface area contributed by atoms with Crippen LogP contribution in [0, 0.1) is 5.82 Å². The number of fused-ring (bicyclic) bond motifs is 1. The quantitative estimate of drug-likeness (QED) is 0.743. The zero-order chi connectivity index (χ0) is 14.1. The van der Waals surface area contributed by atoms with Gasteiger partial charge in [-0.1, -0.05) is 6.07 Å². The summed E-state index contributed by atoms with van der Waals surface area (Å²) in [5, 5.41) is 6.13. The van der Waals surface area contributed by atoms with Crippen molar-refractivity contribution in [1.82, 2.24) is 9.97 Å². The van der Waals surface area contributed by atoms with E-state index in [0.29, 0.717) is 15.9 Å². The summed E-state index contributed by atoms with van der Waals surface area (Å²) in [6, 6.07) is 6.82. The highest BCUT2D eigenvalue weighted by Gasteiger charge is 2.15. The average molecular weight is 352 g/mol. The predicted molar refractivity (Wildman–Crippen MR) is 84.7 cm³/mol. The molecule has 3 rings (SSSR count). The SMILES string of the molecule is CCNc1nc(-c2c(F)cccc2Br)nc2sccc12. The summed E-state index contributed by atoms with van der Waals surface area (Å²) in [5.74, 6) is 0.794. The molecule has 0 radical (unpaired) electrons. The van der Waals surface area contributed by atoms with Crippen LogP contribution in [0.5, 0.6) is 0 Å². The average Bonchev–Trinajstić information content (AvgIpc) is 2.87. The molecule has 0 amide bonds. The van der Waals surface area contributed by atoms with Crippen molar-refractivity contribution in [3.8, 4) is 11.4 Å². The summed E-state index contributed by atoms with van der Waals surface area (Å²) in [4.78, 5) is 9.78. The van der Waals surface area contributed by atoms with Gasteiger partial charge in [0.1, 0.15) is 16.5 Å². The summed E-state index contributed by atoms with van der Waals surface area (Å²) in [6.45, 7) is 2.75. The topological polar surface area (TPSA) is 37.8 Å². The molecule has 2 heterocycles. The minimum absolute atomic E-state index is 0.335. The molecule has 0 spiro atoms. The van der Waals surface area contributed by atoms with Crippen LogP contribution in [0.2, 0.25) is 0 Å². The Bertz CT molecular complexity index is 752. The van der Waals surface area contributed by atoms with E-state index in [2.05, 4.69) is 31.2 Å². The molecule has 1 N–H and O–H groups in total. The maximum atomic E-state index is 14.1. The molecular weight excluding hydrogens is 341 g/mol. The van der Waals surface area contributed by atoms with Gasteiger partial charge < -0.3 is 5.32 Å². The van der Waals surface area contributed by atoms with Gasteiger partial charge in [0, 0.05) is 11.0 Å². The number of nitrogens with zero attached hydrogens (tertiary/aromatic N) is 2. The van der Waals surface area contributed by atoms with Crippen LogP contribution in [0.1, 0.15) is 6.92 Å². The Morgan fingerprint density at radius 2 is 2.15 bits per heavy atom. The number of benzene rings is 1. The molecule has 1 aromatic carbocycles. The van der Waals surface area contributed by atoms with Gasteiger partial charge >= 0.3 is 0 Å². The molecule has 20 heavy (non-hydrogen) atoms. The van der Waals surface area contributed by atoms with Gasteiger partial charge in [-0.3, -0.25) is 0 Å². The fourth-order valence-electron chi connectivity index (χ4n) is 1.98. The van der Waals surface area contributed by atoms with E-state index >= 15 is 0 Å². The lowest BCUT2D eigenvalue weighted by molar-refractivity contribution is 0.629. The van der Waals surface area contributed by atoms with Crippen molar-refractivity contribution in [1.29, 1.82) is 0 Å². The van der Waals surface area contributed by atoms with Crippen LogP contribution in [-0.2, 0) is 0 Å². The van der Waals surface area contributed by atoms with E-state index < -0.39 is 0 Å². The second-order valence-electron chi connectivity index (χ2n) is 4.16. The lowest BCUT2D eigenvalue weighted by Gasteiger charge is -2.09. The first-order valence-corrected chi connectivity index (χ1v) is 7.81. The highest BCUT2D eigenvalue weighted by atomic mass is 79.9. The Morgan fingerprint density at radius 1 is 1.30 bits per heavy atom. The summed E-state index contributed by atoms with van der Waals surface area (Å²) in [6.07, 6.45) is 0. The van der Waals surface area contributed by atoms with Gasteiger partial charge in [0.2, 0.25) is 0 Å². The fraction of sp³-hybridized carbons (Fsp3) is 0.143.